The molecule has 42 heavy (non-hydrogen) atoms. The number of hydrogen-bond acceptors (Lipinski definition) is 13. The lowest BCUT2D eigenvalue weighted by Gasteiger charge is -2.41. The molecule has 6 heterocycles. The largest absolute Gasteiger partial charge is 0.394 e. The van der Waals surface area contributed by atoms with Crippen molar-refractivity contribution in [3.05, 3.63) is 41.9 Å². The monoisotopic (exact) mass is 635 g/mol. The number of anilines is 4. The Kier molecular flexibility index (Phi) is 9.88. The van der Waals surface area contributed by atoms with Crippen LogP contribution < -0.4 is 20.9 Å². The summed E-state index contributed by atoms with van der Waals surface area (Å²) in [6.07, 6.45) is 9.03. The molecule has 226 valence electrons. The molecule has 15 heteroatoms. The number of ether oxygens (including phenoxy) is 2. The van der Waals surface area contributed by atoms with E-state index in [9.17, 15) is 5.11 Å². The molecule has 0 radical (unpaired) electrons. The van der Waals surface area contributed by atoms with Crippen molar-refractivity contribution in [3.63, 3.8) is 0 Å². The van der Waals surface area contributed by atoms with Gasteiger partial charge in [0.05, 0.1) is 56.0 Å². The van der Waals surface area contributed by atoms with Crippen LogP contribution in [-0.2, 0) is 9.47 Å². The number of pyridine rings is 1. The molecular weight excluding hydrogens is 601 g/mol. The first kappa shape index (κ1) is 30.9. The van der Waals surface area contributed by atoms with E-state index in [1.165, 1.54) is 11.8 Å². The average molecular weight is 637 g/mol. The third-order valence-corrected chi connectivity index (χ3v) is 9.67. The number of aromatic nitrogens is 5. The van der Waals surface area contributed by atoms with Crippen LogP contribution in [0.1, 0.15) is 19.8 Å². The van der Waals surface area contributed by atoms with Crippen LogP contribution in [0.2, 0.25) is 5.02 Å². The summed E-state index contributed by atoms with van der Waals surface area (Å²) in [6, 6.07) is 3.48. The Morgan fingerprint density at radius 3 is 2.67 bits per heavy atom. The van der Waals surface area contributed by atoms with E-state index in [2.05, 4.69) is 37.1 Å². The van der Waals surface area contributed by atoms with Crippen LogP contribution in [0.4, 0.5) is 23.4 Å². The average Bonchev–Trinajstić information content (AvgIpc) is 3.28. The predicted octanol–water partition coefficient (Wildman–Crippen LogP) is 3.16. The SMILES string of the molecule is C[C@@H]1OCC2(CCN(c3cnc(Sc4ccnc(Nc5ccnc(N6CCOC[C@@H]6CO)n5)c4Cl)cn3)CC2)[C@@H]1N.Cl. The van der Waals surface area contributed by atoms with E-state index in [1.54, 1.807) is 24.7 Å². The number of hydrogen-bond donors (Lipinski definition) is 3. The minimum Gasteiger partial charge on any atom is -0.394 e. The zero-order chi connectivity index (χ0) is 28.4. The summed E-state index contributed by atoms with van der Waals surface area (Å²) in [5.41, 5.74) is 6.53. The van der Waals surface area contributed by atoms with Gasteiger partial charge in [0.2, 0.25) is 5.95 Å². The normalized spacial score (nSPS) is 23.6. The predicted molar refractivity (Wildman–Crippen MR) is 164 cm³/mol. The van der Waals surface area contributed by atoms with Gasteiger partial charge in [-0.2, -0.15) is 4.98 Å². The maximum Gasteiger partial charge on any atom is 0.227 e. The van der Waals surface area contributed by atoms with Crippen molar-refractivity contribution in [1.29, 1.82) is 0 Å². The van der Waals surface area contributed by atoms with Crippen LogP contribution in [0, 0.1) is 5.41 Å². The molecule has 6 rings (SSSR count). The molecule has 3 fully saturated rings. The Hall–Kier alpha value is -2.52. The van der Waals surface area contributed by atoms with Gasteiger partial charge < -0.3 is 35.4 Å². The van der Waals surface area contributed by atoms with Crippen LogP contribution in [0.25, 0.3) is 0 Å². The van der Waals surface area contributed by atoms with Gasteiger partial charge in [-0.3, -0.25) is 0 Å². The second-order valence-corrected chi connectivity index (χ2v) is 12.1. The Morgan fingerprint density at radius 1 is 1.14 bits per heavy atom. The second kappa shape index (κ2) is 13.4. The van der Waals surface area contributed by atoms with Gasteiger partial charge in [-0.25, -0.2) is 19.9 Å². The Balaban J connectivity index is 0.00000353. The van der Waals surface area contributed by atoms with E-state index in [4.69, 9.17) is 31.8 Å². The van der Waals surface area contributed by atoms with Gasteiger partial charge >= 0.3 is 0 Å². The highest BCUT2D eigenvalue weighted by molar-refractivity contribution is 7.99. The number of piperidine rings is 1. The maximum absolute atomic E-state index is 9.71. The first-order valence-corrected chi connectivity index (χ1v) is 15.0. The van der Waals surface area contributed by atoms with E-state index in [1.807, 2.05) is 17.2 Å². The van der Waals surface area contributed by atoms with Gasteiger partial charge in [0.15, 0.2) is 5.82 Å². The minimum absolute atomic E-state index is 0. The molecule has 0 unspecified atom stereocenters. The molecule has 4 N–H and O–H groups in total. The van der Waals surface area contributed by atoms with Crippen molar-refractivity contribution in [2.75, 3.05) is 61.2 Å². The number of aliphatic hydroxyl groups is 1. The second-order valence-electron chi connectivity index (χ2n) is 10.6. The summed E-state index contributed by atoms with van der Waals surface area (Å²) < 4.78 is 11.3. The number of morpholine rings is 1. The van der Waals surface area contributed by atoms with Gasteiger partial charge in [-0.15, -0.1) is 12.4 Å². The zero-order valence-corrected chi connectivity index (χ0v) is 25.6. The number of nitrogens with one attached hydrogen (secondary N) is 1. The highest BCUT2D eigenvalue weighted by Gasteiger charge is 2.47. The molecule has 0 bridgehead atoms. The van der Waals surface area contributed by atoms with Crippen LogP contribution in [0.15, 0.2) is 46.8 Å². The molecule has 0 saturated carbocycles. The number of aliphatic hydroxyl groups excluding tert-OH is 1. The molecule has 12 nitrogen and oxygen atoms in total. The summed E-state index contributed by atoms with van der Waals surface area (Å²) in [7, 11) is 0. The molecule has 1 spiro atoms. The van der Waals surface area contributed by atoms with Gasteiger partial charge in [0.25, 0.3) is 0 Å². The third-order valence-electron chi connectivity index (χ3n) is 8.20. The first-order valence-electron chi connectivity index (χ1n) is 13.8. The molecule has 3 saturated heterocycles. The van der Waals surface area contributed by atoms with Gasteiger partial charge in [-0.1, -0.05) is 23.4 Å². The molecule has 3 aliphatic rings. The summed E-state index contributed by atoms with van der Waals surface area (Å²) >= 11 is 8.17. The quantitative estimate of drug-likeness (QED) is 0.349. The van der Waals surface area contributed by atoms with Crippen molar-refractivity contribution in [3.8, 4) is 0 Å². The molecule has 0 aromatic carbocycles. The van der Waals surface area contributed by atoms with Crippen molar-refractivity contribution in [2.45, 2.75) is 47.9 Å². The van der Waals surface area contributed by atoms with Crippen LogP contribution >= 0.6 is 35.8 Å². The highest BCUT2D eigenvalue weighted by atomic mass is 35.5. The van der Waals surface area contributed by atoms with Crippen LogP contribution in [0.3, 0.4) is 0 Å². The van der Waals surface area contributed by atoms with E-state index in [0.29, 0.717) is 42.4 Å². The van der Waals surface area contributed by atoms with Crippen molar-refractivity contribution in [2.24, 2.45) is 11.1 Å². The molecule has 0 aliphatic carbocycles. The third kappa shape index (κ3) is 6.37. The number of rotatable bonds is 7. The van der Waals surface area contributed by atoms with Crippen molar-refractivity contribution in [1.82, 2.24) is 24.9 Å². The first-order chi connectivity index (χ1) is 20.0. The fourth-order valence-electron chi connectivity index (χ4n) is 5.63. The molecule has 3 aliphatic heterocycles. The van der Waals surface area contributed by atoms with Crippen molar-refractivity contribution >= 4 is 59.2 Å². The lowest BCUT2D eigenvalue weighted by atomic mass is 9.73. The van der Waals surface area contributed by atoms with Crippen LogP contribution in [0.5, 0.6) is 0 Å². The fourth-order valence-corrected chi connectivity index (χ4v) is 6.66. The topological polar surface area (TPSA) is 148 Å². The molecule has 3 atom stereocenters. The number of nitrogens with two attached hydrogens (primary N) is 1. The fraction of sp³-hybridized carbons (Fsp3) is 0.519. The Labute approximate surface area is 260 Å². The summed E-state index contributed by atoms with van der Waals surface area (Å²) in [4.78, 5) is 27.8. The van der Waals surface area contributed by atoms with E-state index in [0.717, 1.165) is 48.3 Å². The minimum atomic E-state index is -0.191. The molecule has 0 amide bonds. The zero-order valence-electron chi connectivity index (χ0n) is 23.2. The lowest BCUT2D eigenvalue weighted by molar-refractivity contribution is 0.0718. The van der Waals surface area contributed by atoms with E-state index >= 15 is 0 Å². The highest BCUT2D eigenvalue weighted by Crippen LogP contribution is 2.42. The summed E-state index contributed by atoms with van der Waals surface area (Å²) in [6.45, 7) is 6.10. The number of halogens is 2. The smallest absolute Gasteiger partial charge is 0.227 e. The maximum atomic E-state index is 9.71. The molecule has 3 aromatic rings. The van der Waals surface area contributed by atoms with Gasteiger partial charge in [0.1, 0.15) is 16.7 Å². The van der Waals surface area contributed by atoms with E-state index < -0.39 is 0 Å². The number of nitrogens with zero attached hydrogens (tertiary/aromatic N) is 7. The van der Waals surface area contributed by atoms with E-state index in [-0.39, 0.29) is 42.6 Å². The lowest BCUT2D eigenvalue weighted by Crippen LogP contribution is -2.50. The molecular formula is C27H35Cl2N9O3S. The van der Waals surface area contributed by atoms with Gasteiger partial charge in [0, 0.05) is 48.4 Å². The Bertz CT molecular complexity index is 1350. The van der Waals surface area contributed by atoms with Crippen molar-refractivity contribution < 1.29 is 14.6 Å². The standard InChI is InChI=1S/C27H34ClN9O3S.ClH/c1-17-24(29)27(16-40-17)4-8-36(9-5-27)21-12-33-22(13-32-21)41-19-2-6-30-25(23(19)28)34-20-3-7-31-26(35-20)37-10-11-39-15-18(37)14-38;/h2-3,6-7,12-13,17-18,24,38H,4-5,8-11,14-16,29H2,1H3,(H,30,31,34,35);1H/t17-,18-,24+;/m0./s1. The summed E-state index contributed by atoms with van der Waals surface area (Å²) in [5, 5.41) is 14.1. The van der Waals surface area contributed by atoms with Gasteiger partial charge in [-0.05, 0) is 31.9 Å². The summed E-state index contributed by atoms with van der Waals surface area (Å²) in [5.74, 6) is 2.38. The Morgan fingerprint density at radius 2 is 1.95 bits per heavy atom. The molecule has 3 aromatic heterocycles. The van der Waals surface area contributed by atoms with Crippen LogP contribution in [-0.4, -0.2) is 94.3 Å².